The van der Waals surface area contributed by atoms with Crippen molar-refractivity contribution >= 4 is 5.97 Å². The van der Waals surface area contributed by atoms with Crippen molar-refractivity contribution < 1.29 is 18.3 Å². The van der Waals surface area contributed by atoms with Crippen LogP contribution in [0.5, 0.6) is 0 Å². The molecule has 0 atom stereocenters. The maximum Gasteiger partial charge on any atom is 0.341 e. The quantitative estimate of drug-likeness (QED) is 0.815. The Labute approximate surface area is 120 Å². The third kappa shape index (κ3) is 2.89. The first-order valence-electron chi connectivity index (χ1n) is 6.42. The second-order valence-electron chi connectivity index (χ2n) is 4.41. The molecular weight excluding hydrogens is 278 g/mol. The Morgan fingerprint density at radius 2 is 1.67 bits per heavy atom. The molecule has 0 saturated heterocycles. The second kappa shape index (κ2) is 5.95. The highest BCUT2D eigenvalue weighted by molar-refractivity contribution is 5.91. The molecule has 0 amide bonds. The third-order valence-electron chi connectivity index (χ3n) is 2.94. The Kier molecular flexibility index (Phi) is 4.26. The second-order valence-corrected chi connectivity index (χ2v) is 4.41. The van der Waals surface area contributed by atoms with Crippen LogP contribution in [0.15, 0.2) is 18.2 Å². The van der Waals surface area contributed by atoms with E-state index in [1.165, 1.54) is 6.07 Å². The minimum absolute atomic E-state index is 0.0892. The van der Waals surface area contributed by atoms with Crippen LogP contribution in [0.1, 0.15) is 28.7 Å². The third-order valence-corrected chi connectivity index (χ3v) is 2.94. The first-order chi connectivity index (χ1) is 9.95. The minimum Gasteiger partial charge on any atom is -0.462 e. The maximum absolute atomic E-state index is 13.8. The van der Waals surface area contributed by atoms with Crippen LogP contribution in [-0.4, -0.2) is 22.5 Å². The fourth-order valence-corrected chi connectivity index (χ4v) is 2.04. The lowest BCUT2D eigenvalue weighted by Crippen LogP contribution is -2.13. The van der Waals surface area contributed by atoms with E-state index in [2.05, 4.69) is 9.97 Å². The molecule has 110 valence electrons. The predicted molar refractivity (Wildman–Crippen MR) is 72.8 cm³/mol. The van der Waals surface area contributed by atoms with Gasteiger partial charge in [-0.05, 0) is 32.9 Å². The van der Waals surface area contributed by atoms with Crippen molar-refractivity contribution in [2.45, 2.75) is 20.8 Å². The number of halogens is 2. The number of aryl methyl sites for hydroxylation is 2. The molecule has 0 saturated carbocycles. The van der Waals surface area contributed by atoms with Crippen molar-refractivity contribution in [1.82, 2.24) is 9.97 Å². The average Bonchev–Trinajstić information content (AvgIpc) is 2.38. The highest BCUT2D eigenvalue weighted by Gasteiger charge is 2.20. The molecule has 1 aromatic carbocycles. The number of hydrogen-bond donors (Lipinski definition) is 0. The van der Waals surface area contributed by atoms with Crippen LogP contribution in [-0.2, 0) is 4.74 Å². The number of rotatable bonds is 3. The van der Waals surface area contributed by atoms with Crippen molar-refractivity contribution in [3.63, 3.8) is 0 Å². The lowest BCUT2D eigenvalue weighted by molar-refractivity contribution is 0.0523. The summed E-state index contributed by atoms with van der Waals surface area (Å²) in [6.07, 6.45) is 0. The number of carbonyl (C=O) groups is 1. The lowest BCUT2D eigenvalue weighted by Gasteiger charge is -2.10. The summed E-state index contributed by atoms with van der Waals surface area (Å²) in [4.78, 5) is 19.9. The van der Waals surface area contributed by atoms with Crippen molar-refractivity contribution in [2.75, 3.05) is 6.61 Å². The van der Waals surface area contributed by atoms with Gasteiger partial charge in [-0.15, -0.1) is 0 Å². The number of nitrogens with zero attached hydrogens (tertiary/aromatic N) is 2. The van der Waals surface area contributed by atoms with E-state index in [0.717, 1.165) is 12.1 Å². The molecule has 2 aromatic rings. The largest absolute Gasteiger partial charge is 0.462 e. The number of aromatic nitrogens is 2. The monoisotopic (exact) mass is 292 g/mol. The summed E-state index contributed by atoms with van der Waals surface area (Å²) in [7, 11) is 0. The smallest absolute Gasteiger partial charge is 0.341 e. The van der Waals surface area contributed by atoms with E-state index >= 15 is 0 Å². The summed E-state index contributed by atoms with van der Waals surface area (Å²) in [5, 5.41) is 0. The highest BCUT2D eigenvalue weighted by Crippen LogP contribution is 2.24. The molecule has 0 aliphatic heterocycles. The van der Waals surface area contributed by atoms with Crippen LogP contribution in [0, 0.1) is 25.5 Å². The van der Waals surface area contributed by atoms with Gasteiger partial charge in [-0.3, -0.25) is 0 Å². The number of carbonyl (C=O) groups excluding carboxylic acids is 1. The first kappa shape index (κ1) is 15.0. The molecule has 0 N–H and O–H groups in total. The van der Waals surface area contributed by atoms with Gasteiger partial charge in [-0.1, -0.05) is 6.07 Å². The van der Waals surface area contributed by atoms with E-state index in [9.17, 15) is 13.6 Å². The Balaban J connectivity index is 2.57. The molecule has 0 spiro atoms. The topological polar surface area (TPSA) is 52.1 Å². The summed E-state index contributed by atoms with van der Waals surface area (Å²) >= 11 is 0. The summed E-state index contributed by atoms with van der Waals surface area (Å²) in [6.45, 7) is 5.06. The molecule has 0 fully saturated rings. The highest BCUT2D eigenvalue weighted by atomic mass is 19.1. The molecule has 0 unspecified atom stereocenters. The van der Waals surface area contributed by atoms with Crippen molar-refractivity contribution in [1.29, 1.82) is 0 Å². The van der Waals surface area contributed by atoms with Crippen LogP contribution < -0.4 is 0 Å². The molecule has 2 rings (SSSR count). The van der Waals surface area contributed by atoms with E-state index in [1.807, 2.05) is 0 Å². The van der Waals surface area contributed by atoms with Crippen molar-refractivity contribution in [3.8, 4) is 11.4 Å². The van der Waals surface area contributed by atoms with Gasteiger partial charge in [-0.2, -0.15) is 0 Å². The van der Waals surface area contributed by atoms with Crippen molar-refractivity contribution in [2.24, 2.45) is 0 Å². The Morgan fingerprint density at radius 3 is 2.14 bits per heavy atom. The van der Waals surface area contributed by atoms with E-state index in [4.69, 9.17) is 4.74 Å². The Hall–Kier alpha value is -2.37. The number of esters is 1. The van der Waals surface area contributed by atoms with Gasteiger partial charge >= 0.3 is 5.97 Å². The molecule has 21 heavy (non-hydrogen) atoms. The molecule has 0 aliphatic rings. The average molecular weight is 292 g/mol. The molecule has 0 radical (unpaired) electrons. The molecule has 6 heteroatoms. The molecule has 0 aliphatic carbocycles. The van der Waals surface area contributed by atoms with Crippen LogP contribution in [0.3, 0.4) is 0 Å². The van der Waals surface area contributed by atoms with Gasteiger partial charge in [0.25, 0.3) is 0 Å². The van der Waals surface area contributed by atoms with Gasteiger partial charge in [0.2, 0.25) is 0 Å². The van der Waals surface area contributed by atoms with Crippen molar-refractivity contribution in [3.05, 3.63) is 46.8 Å². The molecule has 1 heterocycles. The molecule has 0 bridgehead atoms. The summed E-state index contributed by atoms with van der Waals surface area (Å²) in [5.74, 6) is -2.14. The summed E-state index contributed by atoms with van der Waals surface area (Å²) in [6, 6.07) is 3.53. The van der Waals surface area contributed by atoms with E-state index in [0.29, 0.717) is 11.4 Å². The maximum atomic E-state index is 13.8. The zero-order valence-corrected chi connectivity index (χ0v) is 11.9. The van der Waals surface area contributed by atoms with Gasteiger partial charge in [0.15, 0.2) is 5.82 Å². The molecular formula is C15H14F2N2O2. The SMILES string of the molecule is CCOC(=O)c1c(C)nc(-c2c(F)cccc2F)nc1C. The fourth-order valence-electron chi connectivity index (χ4n) is 2.04. The minimum atomic E-state index is -0.752. The Morgan fingerprint density at radius 1 is 1.14 bits per heavy atom. The molecule has 1 aromatic heterocycles. The zero-order valence-electron chi connectivity index (χ0n) is 11.9. The zero-order chi connectivity index (χ0) is 15.6. The fraction of sp³-hybridized carbons (Fsp3) is 0.267. The number of benzene rings is 1. The number of ether oxygens (including phenoxy) is 1. The van der Waals surface area contributed by atoms with Gasteiger partial charge in [0, 0.05) is 0 Å². The van der Waals surface area contributed by atoms with Crippen LogP contribution >= 0.6 is 0 Å². The van der Waals surface area contributed by atoms with Crippen LogP contribution in [0.4, 0.5) is 8.78 Å². The predicted octanol–water partition coefficient (Wildman–Crippen LogP) is 3.22. The van der Waals surface area contributed by atoms with Gasteiger partial charge in [-0.25, -0.2) is 23.5 Å². The normalized spacial score (nSPS) is 10.5. The van der Waals surface area contributed by atoms with Gasteiger partial charge in [0.1, 0.15) is 17.2 Å². The van der Waals surface area contributed by atoms with E-state index in [1.54, 1.807) is 20.8 Å². The van der Waals surface area contributed by atoms with E-state index in [-0.39, 0.29) is 23.6 Å². The Bertz CT molecular complexity index is 659. The van der Waals surface area contributed by atoms with E-state index < -0.39 is 17.6 Å². The van der Waals surface area contributed by atoms with Crippen LogP contribution in [0.2, 0.25) is 0 Å². The standard InChI is InChI=1S/C15H14F2N2O2/c1-4-21-15(20)12-8(2)18-14(19-9(12)3)13-10(16)6-5-7-11(13)17/h5-7H,4H2,1-3H3. The number of hydrogen-bond acceptors (Lipinski definition) is 4. The van der Waals surface area contributed by atoms with Gasteiger partial charge in [0.05, 0.1) is 23.6 Å². The molecule has 4 nitrogen and oxygen atoms in total. The first-order valence-corrected chi connectivity index (χ1v) is 6.42. The summed E-state index contributed by atoms with van der Waals surface area (Å²) < 4.78 is 32.5. The lowest BCUT2D eigenvalue weighted by atomic mass is 10.1. The van der Waals surface area contributed by atoms with Crippen LogP contribution in [0.25, 0.3) is 11.4 Å². The van der Waals surface area contributed by atoms with Gasteiger partial charge < -0.3 is 4.74 Å². The summed E-state index contributed by atoms with van der Waals surface area (Å²) in [5.41, 5.74) is 0.550.